The minimum atomic E-state index is -0.536. The Balaban J connectivity index is 0.00000385. The Morgan fingerprint density at radius 3 is 2.70 bits per heavy atom. The van der Waals surface area contributed by atoms with E-state index in [0.29, 0.717) is 32.2 Å². The molecule has 0 spiro atoms. The van der Waals surface area contributed by atoms with Gasteiger partial charge in [-0.3, -0.25) is 9.79 Å². The van der Waals surface area contributed by atoms with Gasteiger partial charge >= 0.3 is 0 Å². The summed E-state index contributed by atoms with van der Waals surface area (Å²) in [7, 11) is 1.68. The van der Waals surface area contributed by atoms with E-state index in [2.05, 4.69) is 20.9 Å². The summed E-state index contributed by atoms with van der Waals surface area (Å²) >= 11 is 0. The van der Waals surface area contributed by atoms with Gasteiger partial charge in [0.15, 0.2) is 5.96 Å². The van der Waals surface area contributed by atoms with Crippen molar-refractivity contribution >= 4 is 35.8 Å². The first-order chi connectivity index (χ1) is 15.6. The van der Waals surface area contributed by atoms with Crippen LogP contribution in [-0.4, -0.2) is 51.3 Å². The molecule has 2 aromatic rings. The van der Waals surface area contributed by atoms with Crippen LogP contribution in [0.15, 0.2) is 47.5 Å². The molecular formula is C24H32FIN4O3. The summed E-state index contributed by atoms with van der Waals surface area (Å²) in [5.74, 6) is 0.447. The van der Waals surface area contributed by atoms with Gasteiger partial charge in [-0.25, -0.2) is 4.39 Å². The van der Waals surface area contributed by atoms with Gasteiger partial charge in [0.1, 0.15) is 18.2 Å². The molecule has 0 aromatic heterocycles. The molecule has 0 aliphatic carbocycles. The lowest BCUT2D eigenvalue weighted by Gasteiger charge is -2.17. The van der Waals surface area contributed by atoms with Gasteiger partial charge in [0.2, 0.25) is 0 Å². The molecular weight excluding hydrogens is 538 g/mol. The highest BCUT2D eigenvalue weighted by atomic mass is 127. The molecule has 1 fully saturated rings. The standard InChI is InChI=1S/C24H31FN4O3.HI/c1-17-9-10-18(22(14-17)32-16-19-6-5-13-31-19)15-29-24(26-2)28-12-11-27-23(30)20-7-3-4-8-21(20)25;/h3-4,7-10,14,19H,5-6,11-13,15-16H2,1-2H3,(H,27,30)(H2,26,28,29);1H. The van der Waals surface area contributed by atoms with E-state index in [9.17, 15) is 9.18 Å². The number of nitrogens with one attached hydrogen (secondary N) is 3. The number of hydrogen-bond donors (Lipinski definition) is 3. The van der Waals surface area contributed by atoms with Crippen LogP contribution in [-0.2, 0) is 11.3 Å². The summed E-state index contributed by atoms with van der Waals surface area (Å²) < 4.78 is 25.4. The summed E-state index contributed by atoms with van der Waals surface area (Å²) in [5.41, 5.74) is 2.18. The molecule has 1 aliphatic heterocycles. The number of benzene rings is 2. The molecule has 0 radical (unpaired) electrons. The van der Waals surface area contributed by atoms with Gasteiger partial charge in [0.05, 0.1) is 11.7 Å². The second kappa shape index (κ2) is 14.0. The van der Waals surface area contributed by atoms with Gasteiger partial charge in [-0.1, -0.05) is 24.3 Å². The molecule has 1 unspecified atom stereocenters. The van der Waals surface area contributed by atoms with Gasteiger partial charge in [0.25, 0.3) is 5.91 Å². The zero-order valence-corrected chi connectivity index (χ0v) is 21.4. The molecule has 3 N–H and O–H groups in total. The van der Waals surface area contributed by atoms with E-state index in [-0.39, 0.29) is 35.6 Å². The van der Waals surface area contributed by atoms with Crippen molar-refractivity contribution in [2.45, 2.75) is 32.4 Å². The van der Waals surface area contributed by atoms with Crippen molar-refractivity contribution in [2.24, 2.45) is 4.99 Å². The second-order valence-electron chi connectivity index (χ2n) is 7.65. The minimum Gasteiger partial charge on any atom is -0.491 e. The Bertz CT molecular complexity index is 936. The number of aliphatic imine (C=N–C) groups is 1. The third kappa shape index (κ3) is 8.47. The van der Waals surface area contributed by atoms with Gasteiger partial charge in [0, 0.05) is 38.9 Å². The summed E-state index contributed by atoms with van der Waals surface area (Å²) in [6, 6.07) is 12.0. The van der Waals surface area contributed by atoms with Gasteiger partial charge in [-0.05, 0) is 43.5 Å². The quantitative estimate of drug-likeness (QED) is 0.186. The third-order valence-electron chi connectivity index (χ3n) is 5.16. The van der Waals surface area contributed by atoms with Crippen LogP contribution in [0.1, 0.15) is 34.3 Å². The molecule has 33 heavy (non-hydrogen) atoms. The van der Waals surface area contributed by atoms with E-state index in [1.807, 2.05) is 25.1 Å². The average Bonchev–Trinajstić information content (AvgIpc) is 3.32. The zero-order chi connectivity index (χ0) is 22.8. The fourth-order valence-electron chi connectivity index (χ4n) is 3.40. The highest BCUT2D eigenvalue weighted by Crippen LogP contribution is 2.22. The molecule has 0 saturated carbocycles. The van der Waals surface area contributed by atoms with Crippen LogP contribution in [0, 0.1) is 12.7 Å². The minimum absolute atomic E-state index is 0. The number of hydrogen-bond acceptors (Lipinski definition) is 4. The predicted molar refractivity (Wildman–Crippen MR) is 138 cm³/mol. The summed E-state index contributed by atoms with van der Waals surface area (Å²) in [4.78, 5) is 16.3. The number of rotatable bonds is 9. The van der Waals surface area contributed by atoms with Crippen molar-refractivity contribution in [1.29, 1.82) is 0 Å². The molecule has 2 aromatic carbocycles. The number of carbonyl (C=O) groups excluding carboxylic acids is 1. The van der Waals surface area contributed by atoms with Crippen LogP contribution in [0.4, 0.5) is 4.39 Å². The topological polar surface area (TPSA) is 84.0 Å². The van der Waals surface area contributed by atoms with Crippen LogP contribution in [0.3, 0.4) is 0 Å². The van der Waals surface area contributed by atoms with Gasteiger partial charge < -0.3 is 25.4 Å². The number of ether oxygens (including phenoxy) is 2. The fourth-order valence-corrected chi connectivity index (χ4v) is 3.40. The molecule has 180 valence electrons. The van der Waals surface area contributed by atoms with E-state index < -0.39 is 11.7 Å². The van der Waals surface area contributed by atoms with Gasteiger partial charge in [-0.15, -0.1) is 24.0 Å². The van der Waals surface area contributed by atoms with Crippen LogP contribution in [0.25, 0.3) is 0 Å². The van der Waals surface area contributed by atoms with Gasteiger partial charge in [-0.2, -0.15) is 0 Å². The van der Waals surface area contributed by atoms with Crippen LogP contribution in [0.5, 0.6) is 5.75 Å². The van der Waals surface area contributed by atoms with Crippen molar-refractivity contribution in [2.75, 3.05) is 33.4 Å². The smallest absolute Gasteiger partial charge is 0.254 e. The van der Waals surface area contributed by atoms with Crippen LogP contribution < -0.4 is 20.7 Å². The Morgan fingerprint density at radius 2 is 1.97 bits per heavy atom. The predicted octanol–water partition coefficient (Wildman–Crippen LogP) is 3.40. The van der Waals surface area contributed by atoms with Crippen LogP contribution in [0.2, 0.25) is 0 Å². The van der Waals surface area contributed by atoms with E-state index >= 15 is 0 Å². The van der Waals surface area contributed by atoms with E-state index in [1.54, 1.807) is 19.2 Å². The largest absolute Gasteiger partial charge is 0.491 e. The molecule has 1 saturated heterocycles. The lowest BCUT2D eigenvalue weighted by Crippen LogP contribution is -2.41. The van der Waals surface area contributed by atoms with Crippen LogP contribution >= 0.6 is 24.0 Å². The lowest BCUT2D eigenvalue weighted by atomic mass is 10.1. The number of carbonyl (C=O) groups is 1. The summed E-state index contributed by atoms with van der Waals surface area (Å²) in [5, 5.41) is 9.09. The van der Waals surface area contributed by atoms with E-state index in [4.69, 9.17) is 9.47 Å². The molecule has 7 nitrogen and oxygen atoms in total. The Hall–Kier alpha value is -2.40. The second-order valence-corrected chi connectivity index (χ2v) is 7.65. The highest BCUT2D eigenvalue weighted by Gasteiger charge is 2.17. The highest BCUT2D eigenvalue weighted by molar-refractivity contribution is 14.0. The Morgan fingerprint density at radius 1 is 1.18 bits per heavy atom. The SMILES string of the molecule is CN=C(NCCNC(=O)c1ccccc1F)NCc1ccc(C)cc1OCC1CCCO1.I. The average molecular weight is 570 g/mol. The van der Waals surface area contributed by atoms with Crippen molar-refractivity contribution in [3.63, 3.8) is 0 Å². The maximum atomic E-state index is 13.7. The number of guanidine groups is 1. The normalized spacial score (nSPS) is 15.5. The molecule has 9 heteroatoms. The maximum Gasteiger partial charge on any atom is 0.254 e. The van der Waals surface area contributed by atoms with Crippen molar-refractivity contribution in [3.8, 4) is 5.75 Å². The lowest BCUT2D eigenvalue weighted by molar-refractivity contribution is 0.0676. The molecule has 3 rings (SSSR count). The number of nitrogens with zero attached hydrogens (tertiary/aromatic N) is 1. The third-order valence-corrected chi connectivity index (χ3v) is 5.16. The molecule has 1 amide bonds. The first-order valence-electron chi connectivity index (χ1n) is 10.9. The van der Waals surface area contributed by atoms with Crippen molar-refractivity contribution in [3.05, 3.63) is 65.0 Å². The van der Waals surface area contributed by atoms with E-state index in [1.165, 1.54) is 12.1 Å². The first kappa shape index (κ1) is 26.8. The number of halogens is 2. The summed E-state index contributed by atoms with van der Waals surface area (Å²) in [6.07, 6.45) is 2.27. The zero-order valence-electron chi connectivity index (χ0n) is 19.0. The molecule has 0 bridgehead atoms. The molecule has 1 atom stereocenters. The maximum absolute atomic E-state index is 13.7. The number of aryl methyl sites for hydroxylation is 1. The number of amides is 1. The Labute approximate surface area is 211 Å². The Kier molecular flexibility index (Phi) is 11.4. The summed E-state index contributed by atoms with van der Waals surface area (Å²) in [6.45, 7) is 4.68. The fraction of sp³-hybridized carbons (Fsp3) is 0.417. The first-order valence-corrected chi connectivity index (χ1v) is 10.9. The van der Waals surface area contributed by atoms with Crippen molar-refractivity contribution in [1.82, 2.24) is 16.0 Å². The van der Waals surface area contributed by atoms with Crippen molar-refractivity contribution < 1.29 is 18.7 Å². The molecule has 1 heterocycles. The molecule has 1 aliphatic rings. The van der Waals surface area contributed by atoms with E-state index in [0.717, 1.165) is 36.3 Å². The monoisotopic (exact) mass is 570 g/mol.